The predicted molar refractivity (Wildman–Crippen MR) is 83.7 cm³/mol. The number of ketones is 1. The highest BCUT2D eigenvalue weighted by Crippen LogP contribution is 2.21. The zero-order chi connectivity index (χ0) is 17.2. The normalized spacial score (nSPS) is 9.57. The molecule has 0 saturated carbocycles. The first-order valence-electron chi connectivity index (χ1n) is 7.23. The number of hydrogen-bond acceptors (Lipinski definition) is 5. The molecule has 0 aliphatic carbocycles. The Labute approximate surface area is 135 Å². The smallest absolute Gasteiger partial charge is 0.227 e. The van der Waals surface area contributed by atoms with Crippen LogP contribution in [0, 0.1) is 22.7 Å². The molecule has 0 bridgehead atoms. The van der Waals surface area contributed by atoms with Gasteiger partial charge in [-0.2, -0.15) is 10.5 Å². The Balaban J connectivity index is 2.96. The van der Waals surface area contributed by atoms with Crippen LogP contribution in [-0.2, 0) is 11.2 Å². The van der Waals surface area contributed by atoms with E-state index in [0.29, 0.717) is 16.9 Å². The molecule has 1 aromatic rings. The predicted octanol–water partition coefficient (Wildman–Crippen LogP) is 2.10. The highest BCUT2D eigenvalue weighted by molar-refractivity contribution is 5.94. The molecule has 0 fully saturated rings. The van der Waals surface area contributed by atoms with Gasteiger partial charge < -0.3 is 9.64 Å². The largest absolute Gasteiger partial charge is 0.496 e. The van der Waals surface area contributed by atoms with E-state index in [0.717, 1.165) is 0 Å². The van der Waals surface area contributed by atoms with Crippen molar-refractivity contribution in [3.8, 4) is 17.9 Å². The highest BCUT2D eigenvalue weighted by Gasteiger charge is 2.17. The van der Waals surface area contributed by atoms with Crippen LogP contribution < -0.4 is 4.74 Å². The second kappa shape index (κ2) is 9.22. The summed E-state index contributed by atoms with van der Waals surface area (Å²) in [6.07, 6.45) is 0.477. The molecule has 1 aromatic carbocycles. The first-order valence-corrected chi connectivity index (χ1v) is 7.23. The summed E-state index contributed by atoms with van der Waals surface area (Å²) in [5.74, 6) is 0.241. The van der Waals surface area contributed by atoms with Crippen molar-refractivity contribution in [2.75, 3.05) is 20.2 Å². The van der Waals surface area contributed by atoms with E-state index < -0.39 is 0 Å². The molecule has 0 radical (unpaired) electrons. The quantitative estimate of drug-likeness (QED) is 0.685. The third-order valence-electron chi connectivity index (χ3n) is 3.37. The van der Waals surface area contributed by atoms with Crippen molar-refractivity contribution >= 4 is 11.7 Å². The number of benzene rings is 1. The fourth-order valence-electron chi connectivity index (χ4n) is 2.14. The third kappa shape index (κ3) is 5.44. The van der Waals surface area contributed by atoms with E-state index in [9.17, 15) is 9.59 Å². The van der Waals surface area contributed by atoms with E-state index in [1.807, 2.05) is 12.1 Å². The summed E-state index contributed by atoms with van der Waals surface area (Å²) in [4.78, 5) is 25.4. The van der Waals surface area contributed by atoms with Crippen molar-refractivity contribution in [1.82, 2.24) is 4.90 Å². The first-order chi connectivity index (χ1) is 11.0. The Morgan fingerprint density at radius 1 is 1.17 bits per heavy atom. The van der Waals surface area contributed by atoms with Gasteiger partial charge in [0, 0.05) is 24.2 Å². The monoisotopic (exact) mass is 313 g/mol. The van der Waals surface area contributed by atoms with Crippen LogP contribution in [0.4, 0.5) is 0 Å². The van der Waals surface area contributed by atoms with Gasteiger partial charge in [0.2, 0.25) is 5.91 Å². The lowest BCUT2D eigenvalue weighted by Gasteiger charge is -2.21. The maximum Gasteiger partial charge on any atom is 0.227 e. The van der Waals surface area contributed by atoms with Crippen LogP contribution in [-0.4, -0.2) is 36.8 Å². The molecule has 0 heterocycles. The van der Waals surface area contributed by atoms with Crippen LogP contribution in [0.15, 0.2) is 18.2 Å². The summed E-state index contributed by atoms with van der Waals surface area (Å²) in [6, 6.07) is 8.94. The van der Waals surface area contributed by atoms with Gasteiger partial charge in [0.1, 0.15) is 5.75 Å². The van der Waals surface area contributed by atoms with Crippen LogP contribution >= 0.6 is 0 Å². The van der Waals surface area contributed by atoms with Crippen LogP contribution in [0.25, 0.3) is 0 Å². The van der Waals surface area contributed by atoms with Gasteiger partial charge in [-0.05, 0) is 25.1 Å². The molecule has 0 aliphatic rings. The molecule has 0 aliphatic heterocycles. The summed E-state index contributed by atoms with van der Waals surface area (Å²) < 4.78 is 5.24. The second-order valence-corrected chi connectivity index (χ2v) is 4.96. The molecule has 0 saturated heterocycles. The van der Waals surface area contributed by atoms with Crippen molar-refractivity contribution in [2.45, 2.75) is 26.2 Å². The van der Waals surface area contributed by atoms with E-state index in [-0.39, 0.29) is 44.0 Å². The summed E-state index contributed by atoms with van der Waals surface area (Å²) in [7, 11) is 1.50. The number of nitrogens with zero attached hydrogens (tertiary/aromatic N) is 3. The van der Waals surface area contributed by atoms with E-state index in [1.165, 1.54) is 18.9 Å². The average molecular weight is 313 g/mol. The lowest BCUT2D eigenvalue weighted by Crippen LogP contribution is -2.34. The molecule has 0 atom stereocenters. The maximum atomic E-state index is 12.4. The van der Waals surface area contributed by atoms with Crippen LogP contribution in [0.5, 0.6) is 5.75 Å². The topological polar surface area (TPSA) is 94.2 Å². The summed E-state index contributed by atoms with van der Waals surface area (Å²) in [5, 5.41) is 17.4. The summed E-state index contributed by atoms with van der Waals surface area (Å²) in [5.41, 5.74) is 1.12. The van der Waals surface area contributed by atoms with E-state index >= 15 is 0 Å². The molecular weight excluding hydrogens is 294 g/mol. The number of rotatable bonds is 8. The maximum absolute atomic E-state index is 12.4. The van der Waals surface area contributed by atoms with Gasteiger partial charge in [0.15, 0.2) is 5.78 Å². The molecular formula is C17H19N3O3. The van der Waals surface area contributed by atoms with Gasteiger partial charge in [0.05, 0.1) is 38.5 Å². The van der Waals surface area contributed by atoms with Crippen molar-refractivity contribution in [1.29, 1.82) is 10.5 Å². The number of hydrogen-bond donors (Lipinski definition) is 0. The molecule has 6 heteroatoms. The average Bonchev–Trinajstić information content (AvgIpc) is 2.54. The molecule has 0 N–H and O–H groups in total. The number of carbonyl (C=O) groups is 2. The standard InChI is InChI=1S/C17H19N3O3/c1-13(21)14-5-6-16(23-2)15(11-14)12-17(22)20(9-3-7-18)10-4-8-19/h5-6,11H,3-4,9-10,12H2,1-2H3. The van der Waals surface area contributed by atoms with Crippen molar-refractivity contribution in [3.63, 3.8) is 0 Å². The molecule has 1 rings (SSSR count). The Kier molecular flexibility index (Phi) is 7.29. The first kappa shape index (κ1) is 18.2. The lowest BCUT2D eigenvalue weighted by atomic mass is 10.0. The highest BCUT2D eigenvalue weighted by atomic mass is 16.5. The van der Waals surface area contributed by atoms with Crippen LogP contribution in [0.3, 0.4) is 0 Å². The zero-order valence-electron chi connectivity index (χ0n) is 13.3. The van der Waals surface area contributed by atoms with E-state index in [2.05, 4.69) is 0 Å². The van der Waals surface area contributed by atoms with Crippen molar-refractivity contribution in [3.05, 3.63) is 29.3 Å². The third-order valence-corrected chi connectivity index (χ3v) is 3.37. The molecule has 0 unspecified atom stereocenters. The Bertz CT molecular complexity index is 638. The van der Waals surface area contributed by atoms with E-state index in [1.54, 1.807) is 18.2 Å². The number of amides is 1. The van der Waals surface area contributed by atoms with Gasteiger partial charge in [0.25, 0.3) is 0 Å². The van der Waals surface area contributed by atoms with Gasteiger partial charge >= 0.3 is 0 Å². The summed E-state index contributed by atoms with van der Waals surface area (Å²) in [6.45, 7) is 2.02. The number of methoxy groups -OCH3 is 1. The number of carbonyl (C=O) groups excluding carboxylic acids is 2. The molecule has 120 valence electrons. The fourth-order valence-corrected chi connectivity index (χ4v) is 2.14. The molecule has 0 aromatic heterocycles. The Morgan fingerprint density at radius 2 is 1.78 bits per heavy atom. The van der Waals surface area contributed by atoms with E-state index in [4.69, 9.17) is 15.3 Å². The Hall–Kier alpha value is -2.86. The molecule has 1 amide bonds. The number of Topliss-reactive ketones (excluding diaryl/α,β-unsaturated/α-hetero) is 1. The minimum absolute atomic E-state index is 0.0567. The Morgan fingerprint density at radius 3 is 2.26 bits per heavy atom. The number of ether oxygens (including phenoxy) is 1. The molecule has 23 heavy (non-hydrogen) atoms. The van der Waals surface area contributed by atoms with Gasteiger partial charge in [-0.1, -0.05) is 0 Å². The SMILES string of the molecule is COc1ccc(C(C)=O)cc1CC(=O)N(CCC#N)CCC#N. The molecule has 0 spiro atoms. The zero-order valence-corrected chi connectivity index (χ0v) is 13.3. The minimum Gasteiger partial charge on any atom is -0.496 e. The van der Waals surface area contributed by atoms with Crippen molar-refractivity contribution in [2.24, 2.45) is 0 Å². The van der Waals surface area contributed by atoms with Gasteiger partial charge in [-0.15, -0.1) is 0 Å². The number of nitriles is 2. The van der Waals surface area contributed by atoms with Crippen LogP contribution in [0.1, 0.15) is 35.7 Å². The van der Waals surface area contributed by atoms with Gasteiger partial charge in [-0.3, -0.25) is 9.59 Å². The lowest BCUT2D eigenvalue weighted by molar-refractivity contribution is -0.130. The molecule has 6 nitrogen and oxygen atoms in total. The minimum atomic E-state index is -0.200. The fraction of sp³-hybridized carbons (Fsp3) is 0.412. The van der Waals surface area contributed by atoms with Gasteiger partial charge in [-0.25, -0.2) is 0 Å². The van der Waals surface area contributed by atoms with Crippen LogP contribution in [0.2, 0.25) is 0 Å². The summed E-state index contributed by atoms with van der Waals surface area (Å²) >= 11 is 0. The second-order valence-electron chi connectivity index (χ2n) is 4.96. The van der Waals surface area contributed by atoms with Crippen molar-refractivity contribution < 1.29 is 14.3 Å².